The smallest absolute Gasteiger partial charge is 0.256 e. The standard InChI is InChI=1S/C20H20N2O4S/c1-25-16-8-7-12(9-17(16)26-2)10-21-18(23)15-11-27-20-14-6-4-3-5-13(14)19(24)22(15)20/h3-9,15,20H,10-11H2,1-2H3,(H,21,23)/t15-,20+/m0/s1. The molecule has 1 saturated heterocycles. The van der Waals surface area contributed by atoms with Gasteiger partial charge < -0.3 is 19.7 Å². The molecule has 0 aliphatic carbocycles. The van der Waals surface area contributed by atoms with Crippen molar-refractivity contribution in [1.82, 2.24) is 10.2 Å². The molecule has 0 bridgehead atoms. The van der Waals surface area contributed by atoms with Gasteiger partial charge in [0, 0.05) is 17.9 Å². The molecule has 0 spiro atoms. The van der Waals surface area contributed by atoms with E-state index in [1.54, 1.807) is 30.9 Å². The van der Waals surface area contributed by atoms with E-state index in [1.165, 1.54) is 0 Å². The minimum absolute atomic E-state index is 0.0631. The van der Waals surface area contributed by atoms with E-state index in [9.17, 15) is 9.59 Å². The summed E-state index contributed by atoms with van der Waals surface area (Å²) in [5, 5.41) is 2.88. The third-order valence-corrected chi connectivity index (χ3v) is 6.21. The number of thioether (sulfide) groups is 1. The molecule has 2 amide bonds. The Morgan fingerprint density at radius 3 is 2.74 bits per heavy atom. The number of nitrogens with one attached hydrogen (secondary N) is 1. The maximum atomic E-state index is 12.8. The summed E-state index contributed by atoms with van der Waals surface area (Å²) in [6.45, 7) is 0.361. The number of rotatable bonds is 5. The van der Waals surface area contributed by atoms with Crippen LogP contribution in [0, 0.1) is 0 Å². The first-order chi connectivity index (χ1) is 13.1. The monoisotopic (exact) mass is 384 g/mol. The van der Waals surface area contributed by atoms with Crippen molar-refractivity contribution in [3.8, 4) is 11.5 Å². The summed E-state index contributed by atoms with van der Waals surface area (Å²) < 4.78 is 10.5. The predicted molar refractivity (Wildman–Crippen MR) is 103 cm³/mol. The van der Waals surface area contributed by atoms with Crippen molar-refractivity contribution < 1.29 is 19.1 Å². The molecule has 1 fully saturated rings. The van der Waals surface area contributed by atoms with E-state index in [4.69, 9.17) is 9.47 Å². The zero-order valence-corrected chi connectivity index (χ0v) is 15.9. The highest BCUT2D eigenvalue weighted by molar-refractivity contribution is 7.99. The lowest BCUT2D eigenvalue weighted by Gasteiger charge is -2.22. The second-order valence-corrected chi connectivity index (χ2v) is 7.52. The largest absolute Gasteiger partial charge is 0.493 e. The number of hydrogen-bond acceptors (Lipinski definition) is 5. The highest BCUT2D eigenvalue weighted by atomic mass is 32.2. The van der Waals surface area contributed by atoms with Crippen molar-refractivity contribution in [3.05, 3.63) is 59.2 Å². The van der Waals surface area contributed by atoms with Crippen LogP contribution in [0.15, 0.2) is 42.5 Å². The number of amides is 2. The van der Waals surface area contributed by atoms with Crippen LogP contribution in [0.3, 0.4) is 0 Å². The van der Waals surface area contributed by atoms with Gasteiger partial charge in [0.1, 0.15) is 11.4 Å². The van der Waals surface area contributed by atoms with Gasteiger partial charge in [0.25, 0.3) is 5.91 Å². The van der Waals surface area contributed by atoms with Gasteiger partial charge in [-0.3, -0.25) is 9.59 Å². The molecule has 2 atom stereocenters. The normalized spacial score (nSPS) is 20.2. The molecule has 140 valence electrons. The minimum Gasteiger partial charge on any atom is -0.493 e. The molecule has 0 saturated carbocycles. The van der Waals surface area contributed by atoms with E-state index in [1.807, 2.05) is 42.5 Å². The molecule has 0 unspecified atom stereocenters. The molecule has 0 radical (unpaired) electrons. The fourth-order valence-corrected chi connectivity index (χ4v) is 5.00. The molecule has 1 N–H and O–H groups in total. The summed E-state index contributed by atoms with van der Waals surface area (Å²) in [7, 11) is 3.16. The highest BCUT2D eigenvalue weighted by Gasteiger charge is 2.48. The van der Waals surface area contributed by atoms with E-state index in [-0.39, 0.29) is 17.2 Å². The van der Waals surface area contributed by atoms with Crippen molar-refractivity contribution in [1.29, 1.82) is 0 Å². The first kappa shape index (κ1) is 17.7. The zero-order valence-electron chi connectivity index (χ0n) is 15.1. The topological polar surface area (TPSA) is 67.9 Å². The Kier molecular flexibility index (Phi) is 4.70. The molecule has 2 aromatic carbocycles. The van der Waals surface area contributed by atoms with Gasteiger partial charge in [-0.25, -0.2) is 0 Å². The number of carbonyl (C=O) groups excluding carboxylic acids is 2. The van der Waals surface area contributed by atoms with Gasteiger partial charge in [0.2, 0.25) is 5.91 Å². The summed E-state index contributed by atoms with van der Waals surface area (Å²) in [4.78, 5) is 27.2. The van der Waals surface area contributed by atoms with Gasteiger partial charge in [0.15, 0.2) is 11.5 Å². The number of benzene rings is 2. The van der Waals surface area contributed by atoms with Crippen LogP contribution in [0.1, 0.15) is 26.9 Å². The van der Waals surface area contributed by atoms with E-state index < -0.39 is 6.04 Å². The van der Waals surface area contributed by atoms with Gasteiger partial charge in [-0.2, -0.15) is 0 Å². The Morgan fingerprint density at radius 2 is 1.96 bits per heavy atom. The summed E-state index contributed by atoms with van der Waals surface area (Å²) in [6.07, 6.45) is 0. The number of nitrogens with zero attached hydrogens (tertiary/aromatic N) is 1. The lowest BCUT2D eigenvalue weighted by molar-refractivity contribution is -0.124. The average Bonchev–Trinajstić information content (AvgIpc) is 3.26. The van der Waals surface area contributed by atoms with Crippen molar-refractivity contribution in [3.63, 3.8) is 0 Å². The molecule has 7 heteroatoms. The average molecular weight is 384 g/mol. The Bertz CT molecular complexity index is 901. The van der Waals surface area contributed by atoms with E-state index >= 15 is 0 Å². The molecule has 4 rings (SSSR count). The summed E-state index contributed by atoms with van der Waals surface area (Å²) in [5.74, 6) is 1.66. The van der Waals surface area contributed by atoms with Crippen molar-refractivity contribution in [2.45, 2.75) is 18.0 Å². The highest BCUT2D eigenvalue weighted by Crippen LogP contribution is 2.48. The first-order valence-corrected chi connectivity index (χ1v) is 9.70. The van der Waals surface area contributed by atoms with Crippen molar-refractivity contribution >= 4 is 23.6 Å². The Hall–Kier alpha value is -2.67. The minimum atomic E-state index is -0.458. The Labute approximate surface area is 161 Å². The maximum Gasteiger partial charge on any atom is 0.256 e. The molecule has 6 nitrogen and oxygen atoms in total. The predicted octanol–water partition coefficient (Wildman–Crippen LogP) is 2.59. The lowest BCUT2D eigenvalue weighted by Crippen LogP contribution is -2.45. The molecule has 2 aromatic rings. The van der Waals surface area contributed by atoms with Crippen molar-refractivity contribution in [2.24, 2.45) is 0 Å². The third-order valence-electron chi connectivity index (χ3n) is 4.91. The lowest BCUT2D eigenvalue weighted by atomic mass is 10.1. The molecule has 27 heavy (non-hydrogen) atoms. The Balaban J connectivity index is 1.45. The molecule has 2 heterocycles. The van der Waals surface area contributed by atoms with Crippen LogP contribution in [0.5, 0.6) is 11.5 Å². The Morgan fingerprint density at radius 1 is 1.19 bits per heavy atom. The van der Waals surface area contributed by atoms with Crippen LogP contribution in [0.2, 0.25) is 0 Å². The molecular formula is C20H20N2O4S. The van der Waals surface area contributed by atoms with Crippen LogP contribution in [-0.2, 0) is 11.3 Å². The molecule has 2 aliphatic heterocycles. The van der Waals surface area contributed by atoms with Gasteiger partial charge in [-0.05, 0) is 29.3 Å². The molecular weight excluding hydrogens is 364 g/mol. The maximum absolute atomic E-state index is 12.8. The number of methoxy groups -OCH3 is 2. The summed E-state index contributed by atoms with van der Waals surface area (Å²) in [6, 6.07) is 12.6. The van der Waals surface area contributed by atoms with Gasteiger partial charge in [-0.15, -0.1) is 11.8 Å². The fourth-order valence-electron chi connectivity index (χ4n) is 3.54. The fraction of sp³-hybridized carbons (Fsp3) is 0.300. The van der Waals surface area contributed by atoms with Crippen LogP contribution >= 0.6 is 11.8 Å². The quantitative estimate of drug-likeness (QED) is 0.858. The number of ether oxygens (including phenoxy) is 2. The van der Waals surface area contributed by atoms with E-state index in [2.05, 4.69) is 5.32 Å². The first-order valence-electron chi connectivity index (χ1n) is 8.66. The van der Waals surface area contributed by atoms with Crippen molar-refractivity contribution in [2.75, 3.05) is 20.0 Å². The van der Waals surface area contributed by atoms with Crippen LogP contribution in [0.4, 0.5) is 0 Å². The van der Waals surface area contributed by atoms with Gasteiger partial charge in [0.05, 0.1) is 14.2 Å². The van der Waals surface area contributed by atoms with E-state index in [0.29, 0.717) is 29.4 Å². The third kappa shape index (κ3) is 3.02. The van der Waals surface area contributed by atoms with Crippen LogP contribution in [0.25, 0.3) is 0 Å². The van der Waals surface area contributed by atoms with Crippen LogP contribution < -0.4 is 14.8 Å². The summed E-state index contributed by atoms with van der Waals surface area (Å²) in [5.41, 5.74) is 2.61. The second kappa shape index (κ2) is 7.15. The number of fused-ring (bicyclic) bond motifs is 3. The number of hydrogen-bond donors (Lipinski definition) is 1. The SMILES string of the molecule is COc1ccc(CNC(=O)[C@@H]2CS[C@@H]3c4ccccc4C(=O)N32)cc1OC. The van der Waals surface area contributed by atoms with Crippen LogP contribution in [-0.4, -0.2) is 42.7 Å². The molecule has 2 aliphatic rings. The second-order valence-electron chi connectivity index (χ2n) is 6.41. The molecule has 0 aromatic heterocycles. The van der Waals surface area contributed by atoms with Gasteiger partial charge in [-0.1, -0.05) is 24.3 Å². The number of carbonyl (C=O) groups is 2. The summed E-state index contributed by atoms with van der Waals surface area (Å²) >= 11 is 1.64. The van der Waals surface area contributed by atoms with E-state index in [0.717, 1.165) is 11.1 Å². The zero-order chi connectivity index (χ0) is 19.0. The van der Waals surface area contributed by atoms with Gasteiger partial charge >= 0.3 is 0 Å².